The van der Waals surface area contributed by atoms with Crippen molar-refractivity contribution in [3.05, 3.63) is 10.1 Å². The molecule has 0 radical (unpaired) electrons. The summed E-state index contributed by atoms with van der Waals surface area (Å²) in [5.74, 6) is 0. The van der Waals surface area contributed by atoms with Crippen molar-refractivity contribution in [2.45, 2.75) is 64.1 Å². The molecule has 0 bridgehead atoms. The standard InChI is InChI=1S/C11H23NO5/c1-2-3-4-5-6-7-8-11(10(14)9-13)17-12(15)16/h10-11,13-14H,2-9H2,1H3. The van der Waals surface area contributed by atoms with Crippen LogP contribution in [-0.4, -0.2) is 34.1 Å². The second-order valence-electron chi connectivity index (χ2n) is 4.17. The van der Waals surface area contributed by atoms with Crippen molar-refractivity contribution in [1.82, 2.24) is 0 Å². The maximum absolute atomic E-state index is 10.2. The largest absolute Gasteiger partial charge is 0.394 e. The van der Waals surface area contributed by atoms with E-state index in [9.17, 15) is 15.2 Å². The molecule has 0 aromatic heterocycles. The zero-order chi connectivity index (χ0) is 13.1. The summed E-state index contributed by atoms with van der Waals surface area (Å²) in [6, 6.07) is 0. The molecule has 0 aromatic rings. The quantitative estimate of drug-likeness (QED) is 0.330. The molecule has 0 rings (SSSR count). The molecule has 0 saturated carbocycles. The molecule has 2 atom stereocenters. The van der Waals surface area contributed by atoms with Crippen LogP contribution >= 0.6 is 0 Å². The maximum Gasteiger partial charge on any atom is 0.294 e. The molecule has 6 nitrogen and oxygen atoms in total. The van der Waals surface area contributed by atoms with E-state index in [-0.39, 0.29) is 0 Å². The Bertz CT molecular complexity index is 200. The van der Waals surface area contributed by atoms with Gasteiger partial charge in [-0.25, -0.2) is 0 Å². The summed E-state index contributed by atoms with van der Waals surface area (Å²) in [4.78, 5) is 14.5. The lowest BCUT2D eigenvalue weighted by atomic mass is 10.0. The van der Waals surface area contributed by atoms with Crippen LogP contribution in [0.4, 0.5) is 0 Å². The van der Waals surface area contributed by atoms with E-state index in [1.165, 1.54) is 19.3 Å². The van der Waals surface area contributed by atoms with E-state index >= 15 is 0 Å². The SMILES string of the molecule is CCCCCCCCC(O[N+](=O)[O-])C(O)CO. The molecule has 17 heavy (non-hydrogen) atoms. The molecule has 0 aliphatic carbocycles. The number of rotatable bonds is 11. The molecule has 0 fully saturated rings. The second kappa shape index (κ2) is 10.3. The number of aliphatic hydroxyl groups excluding tert-OH is 2. The van der Waals surface area contributed by atoms with Gasteiger partial charge in [0.25, 0.3) is 5.09 Å². The number of hydrogen-bond donors (Lipinski definition) is 2. The first-order valence-corrected chi connectivity index (χ1v) is 6.21. The average molecular weight is 249 g/mol. The molecule has 102 valence electrons. The van der Waals surface area contributed by atoms with Gasteiger partial charge in [0, 0.05) is 0 Å². The molecule has 0 heterocycles. The smallest absolute Gasteiger partial charge is 0.294 e. The first kappa shape index (κ1) is 16.1. The van der Waals surface area contributed by atoms with Crippen molar-refractivity contribution in [2.24, 2.45) is 0 Å². The van der Waals surface area contributed by atoms with E-state index in [0.717, 1.165) is 19.3 Å². The zero-order valence-corrected chi connectivity index (χ0v) is 10.4. The lowest BCUT2D eigenvalue weighted by molar-refractivity contribution is -0.771. The Morgan fingerprint density at radius 3 is 2.35 bits per heavy atom. The van der Waals surface area contributed by atoms with Crippen LogP contribution in [0.5, 0.6) is 0 Å². The second-order valence-corrected chi connectivity index (χ2v) is 4.17. The molecule has 0 amide bonds. The Labute approximate surface area is 102 Å². The molecule has 2 N–H and O–H groups in total. The molecule has 0 saturated heterocycles. The molecular weight excluding hydrogens is 226 g/mol. The molecule has 0 spiro atoms. The van der Waals surface area contributed by atoms with Crippen LogP contribution in [0.3, 0.4) is 0 Å². The predicted molar refractivity (Wildman–Crippen MR) is 63.0 cm³/mol. The summed E-state index contributed by atoms with van der Waals surface area (Å²) in [7, 11) is 0. The third-order valence-electron chi connectivity index (χ3n) is 2.68. The van der Waals surface area contributed by atoms with Crippen LogP contribution in [0.2, 0.25) is 0 Å². The van der Waals surface area contributed by atoms with Gasteiger partial charge in [0.05, 0.1) is 6.61 Å². The lowest BCUT2D eigenvalue weighted by Crippen LogP contribution is -2.33. The molecular formula is C11H23NO5. The monoisotopic (exact) mass is 249 g/mol. The van der Waals surface area contributed by atoms with Crippen LogP contribution in [0.25, 0.3) is 0 Å². The summed E-state index contributed by atoms with van der Waals surface area (Å²) < 4.78 is 0. The van der Waals surface area contributed by atoms with Crippen molar-refractivity contribution in [3.63, 3.8) is 0 Å². The molecule has 0 aliphatic heterocycles. The Morgan fingerprint density at radius 2 is 1.82 bits per heavy atom. The molecule has 0 aromatic carbocycles. The van der Waals surface area contributed by atoms with Crippen LogP contribution in [-0.2, 0) is 4.84 Å². The Hall–Kier alpha value is -0.880. The number of aliphatic hydroxyl groups is 2. The maximum atomic E-state index is 10.2. The van der Waals surface area contributed by atoms with E-state index in [4.69, 9.17) is 5.11 Å². The summed E-state index contributed by atoms with van der Waals surface area (Å²) in [5, 5.41) is 27.3. The average Bonchev–Trinajstić information content (AvgIpc) is 2.30. The number of unbranched alkanes of at least 4 members (excludes halogenated alkanes) is 5. The Balaban J connectivity index is 3.72. The van der Waals surface area contributed by atoms with E-state index in [0.29, 0.717) is 6.42 Å². The van der Waals surface area contributed by atoms with Crippen molar-refractivity contribution in [2.75, 3.05) is 6.61 Å². The van der Waals surface area contributed by atoms with Crippen LogP contribution in [0.1, 0.15) is 51.9 Å². The van der Waals surface area contributed by atoms with Crippen LogP contribution < -0.4 is 0 Å². The van der Waals surface area contributed by atoms with Gasteiger partial charge in [-0.05, 0) is 6.42 Å². The van der Waals surface area contributed by atoms with Crippen molar-refractivity contribution in [1.29, 1.82) is 0 Å². The minimum Gasteiger partial charge on any atom is -0.394 e. The fourth-order valence-electron chi connectivity index (χ4n) is 1.67. The number of nitrogens with zero attached hydrogens (tertiary/aromatic N) is 1. The van der Waals surface area contributed by atoms with Crippen LogP contribution in [0, 0.1) is 10.1 Å². The summed E-state index contributed by atoms with van der Waals surface area (Å²) in [6.45, 7) is 1.62. The first-order chi connectivity index (χ1) is 8.11. The van der Waals surface area contributed by atoms with Gasteiger partial charge in [0.15, 0.2) is 0 Å². The van der Waals surface area contributed by atoms with E-state index < -0.39 is 23.9 Å². The third kappa shape index (κ3) is 8.88. The van der Waals surface area contributed by atoms with Gasteiger partial charge < -0.3 is 15.1 Å². The molecule has 2 unspecified atom stereocenters. The van der Waals surface area contributed by atoms with Gasteiger partial charge in [-0.1, -0.05) is 45.4 Å². The first-order valence-electron chi connectivity index (χ1n) is 6.21. The third-order valence-corrected chi connectivity index (χ3v) is 2.68. The van der Waals surface area contributed by atoms with Gasteiger partial charge in [-0.2, -0.15) is 0 Å². The van der Waals surface area contributed by atoms with Gasteiger partial charge in [-0.15, -0.1) is 10.1 Å². The normalized spacial score (nSPS) is 14.3. The van der Waals surface area contributed by atoms with Crippen molar-refractivity contribution < 1.29 is 20.1 Å². The van der Waals surface area contributed by atoms with E-state index in [1.807, 2.05) is 0 Å². The summed E-state index contributed by atoms with van der Waals surface area (Å²) in [6.07, 6.45) is 4.67. The van der Waals surface area contributed by atoms with Crippen LogP contribution in [0.15, 0.2) is 0 Å². The summed E-state index contributed by atoms with van der Waals surface area (Å²) >= 11 is 0. The molecule has 6 heteroatoms. The minimum absolute atomic E-state index is 0.398. The number of hydrogen-bond acceptors (Lipinski definition) is 5. The Morgan fingerprint density at radius 1 is 1.24 bits per heavy atom. The van der Waals surface area contributed by atoms with Crippen molar-refractivity contribution in [3.8, 4) is 0 Å². The van der Waals surface area contributed by atoms with Gasteiger partial charge in [0.2, 0.25) is 0 Å². The van der Waals surface area contributed by atoms with E-state index in [2.05, 4.69) is 11.8 Å². The summed E-state index contributed by atoms with van der Waals surface area (Å²) in [5.41, 5.74) is 0. The fourth-order valence-corrected chi connectivity index (χ4v) is 1.67. The Kier molecular flexibility index (Phi) is 9.75. The van der Waals surface area contributed by atoms with Crippen molar-refractivity contribution >= 4 is 0 Å². The minimum atomic E-state index is -1.18. The van der Waals surface area contributed by atoms with E-state index in [1.54, 1.807) is 0 Å². The highest BCUT2D eigenvalue weighted by atomic mass is 17.0. The van der Waals surface area contributed by atoms with Gasteiger partial charge >= 0.3 is 0 Å². The van der Waals surface area contributed by atoms with Gasteiger partial charge in [0.1, 0.15) is 12.2 Å². The predicted octanol–water partition coefficient (Wildman–Crippen LogP) is 1.67. The zero-order valence-electron chi connectivity index (χ0n) is 10.4. The lowest BCUT2D eigenvalue weighted by Gasteiger charge is -2.18. The molecule has 0 aliphatic rings. The highest BCUT2D eigenvalue weighted by molar-refractivity contribution is 4.66. The fraction of sp³-hybridized carbons (Fsp3) is 1.00. The highest BCUT2D eigenvalue weighted by Crippen LogP contribution is 2.13. The van der Waals surface area contributed by atoms with Gasteiger partial charge in [-0.3, -0.25) is 0 Å². The topological polar surface area (TPSA) is 92.8 Å². The highest BCUT2D eigenvalue weighted by Gasteiger charge is 2.21.